The molecule has 0 aliphatic heterocycles. The second-order valence-corrected chi connectivity index (χ2v) is 3.62. The zero-order chi connectivity index (χ0) is 13.8. The molecule has 1 atom stereocenters. The number of alkyl halides is 5. The Hall–Kier alpha value is -1.37. The van der Waals surface area contributed by atoms with Gasteiger partial charge in [-0.3, -0.25) is 0 Å². The van der Waals surface area contributed by atoms with E-state index in [-0.39, 0.29) is 11.3 Å². The molecular weight excluding hydrogens is 259 g/mol. The number of hydrogen-bond donors (Lipinski definition) is 1. The zero-order valence-corrected chi connectivity index (χ0v) is 9.12. The van der Waals surface area contributed by atoms with Crippen LogP contribution in [0.2, 0.25) is 0 Å². The number of ether oxygens (including phenoxy) is 1. The Bertz CT molecular complexity index is 361. The number of halogens is 5. The molecule has 0 spiro atoms. The van der Waals surface area contributed by atoms with Crippen LogP contribution in [0.15, 0.2) is 24.3 Å². The van der Waals surface area contributed by atoms with Crippen molar-refractivity contribution in [2.75, 3.05) is 0 Å². The van der Waals surface area contributed by atoms with Crippen LogP contribution in [-0.4, -0.2) is 17.9 Å². The maximum atomic E-state index is 11.9. The predicted molar refractivity (Wildman–Crippen MR) is 53.3 cm³/mol. The normalized spacial score (nSPS) is 13.7. The fourth-order valence-corrected chi connectivity index (χ4v) is 1.34. The Morgan fingerprint density at radius 3 is 2.11 bits per heavy atom. The standard InChI is InChI=1S/C11H11F5O2/c12-10(13)18-8-3-1-7(2-4-8)9(17)5-6-11(14,15)16/h1-4,9-10,17H,5-6H2. The highest BCUT2D eigenvalue weighted by atomic mass is 19.4. The van der Waals surface area contributed by atoms with E-state index in [2.05, 4.69) is 4.74 Å². The topological polar surface area (TPSA) is 29.5 Å². The minimum atomic E-state index is -4.33. The summed E-state index contributed by atoms with van der Waals surface area (Å²) in [5.41, 5.74) is 0.223. The van der Waals surface area contributed by atoms with Crippen molar-refractivity contribution in [3.63, 3.8) is 0 Å². The van der Waals surface area contributed by atoms with Crippen LogP contribution in [0.5, 0.6) is 5.75 Å². The number of aliphatic hydroxyl groups excluding tert-OH is 1. The molecule has 1 aromatic carbocycles. The highest BCUT2D eigenvalue weighted by Gasteiger charge is 2.28. The SMILES string of the molecule is OC(CCC(F)(F)F)c1ccc(OC(F)F)cc1. The highest BCUT2D eigenvalue weighted by molar-refractivity contribution is 5.28. The zero-order valence-electron chi connectivity index (χ0n) is 9.12. The van der Waals surface area contributed by atoms with E-state index < -0.39 is 31.7 Å². The quantitative estimate of drug-likeness (QED) is 0.827. The summed E-state index contributed by atoms with van der Waals surface area (Å²) in [6.45, 7) is -2.97. The molecule has 102 valence electrons. The van der Waals surface area contributed by atoms with Gasteiger partial charge in [-0.2, -0.15) is 22.0 Å². The van der Waals surface area contributed by atoms with Crippen LogP contribution < -0.4 is 4.74 Å². The summed E-state index contributed by atoms with van der Waals surface area (Å²) in [7, 11) is 0. The van der Waals surface area contributed by atoms with E-state index in [1.807, 2.05) is 0 Å². The molecule has 0 saturated carbocycles. The third-order valence-corrected chi connectivity index (χ3v) is 2.19. The van der Waals surface area contributed by atoms with E-state index in [0.29, 0.717) is 0 Å². The van der Waals surface area contributed by atoms with Gasteiger partial charge in [-0.05, 0) is 24.1 Å². The molecule has 0 heterocycles. The van der Waals surface area contributed by atoms with Crippen LogP contribution in [0.3, 0.4) is 0 Å². The molecule has 0 aliphatic carbocycles. The molecular formula is C11H11F5O2. The van der Waals surface area contributed by atoms with Crippen molar-refractivity contribution in [2.24, 2.45) is 0 Å². The Kier molecular flexibility index (Phi) is 4.89. The van der Waals surface area contributed by atoms with E-state index in [9.17, 15) is 27.1 Å². The Balaban J connectivity index is 2.56. The van der Waals surface area contributed by atoms with Gasteiger partial charge in [-0.15, -0.1) is 0 Å². The molecule has 1 rings (SSSR count). The van der Waals surface area contributed by atoms with Crippen molar-refractivity contribution in [2.45, 2.75) is 31.7 Å². The van der Waals surface area contributed by atoms with Gasteiger partial charge < -0.3 is 9.84 Å². The number of rotatable bonds is 5. The lowest BCUT2D eigenvalue weighted by molar-refractivity contribution is -0.140. The number of hydrogen-bond acceptors (Lipinski definition) is 2. The van der Waals surface area contributed by atoms with Gasteiger partial charge >= 0.3 is 12.8 Å². The Labute approximate surface area is 100.0 Å². The van der Waals surface area contributed by atoms with Gasteiger partial charge in [0.15, 0.2) is 0 Å². The summed E-state index contributed by atoms with van der Waals surface area (Å²) >= 11 is 0. The summed E-state index contributed by atoms with van der Waals surface area (Å²) in [4.78, 5) is 0. The molecule has 0 aromatic heterocycles. The molecule has 1 aromatic rings. The monoisotopic (exact) mass is 270 g/mol. The second-order valence-electron chi connectivity index (χ2n) is 3.62. The molecule has 1 unspecified atom stereocenters. The molecule has 0 radical (unpaired) electrons. The molecule has 0 amide bonds. The van der Waals surface area contributed by atoms with E-state index in [0.717, 1.165) is 12.1 Å². The lowest BCUT2D eigenvalue weighted by atomic mass is 10.0. The van der Waals surface area contributed by atoms with Gasteiger partial charge in [0, 0.05) is 6.42 Å². The average Bonchev–Trinajstić information content (AvgIpc) is 2.25. The highest BCUT2D eigenvalue weighted by Crippen LogP contribution is 2.28. The van der Waals surface area contributed by atoms with Gasteiger partial charge in [0.2, 0.25) is 0 Å². The molecule has 0 aliphatic rings. The van der Waals surface area contributed by atoms with E-state index in [1.54, 1.807) is 0 Å². The van der Waals surface area contributed by atoms with E-state index in [1.165, 1.54) is 12.1 Å². The van der Waals surface area contributed by atoms with E-state index >= 15 is 0 Å². The molecule has 2 nitrogen and oxygen atoms in total. The largest absolute Gasteiger partial charge is 0.435 e. The third kappa shape index (κ3) is 5.31. The number of aliphatic hydroxyl groups is 1. The first-order valence-corrected chi connectivity index (χ1v) is 5.07. The molecule has 1 N–H and O–H groups in total. The second kappa shape index (κ2) is 5.99. The van der Waals surface area contributed by atoms with Crippen LogP contribution in [0.4, 0.5) is 22.0 Å². The minimum Gasteiger partial charge on any atom is -0.435 e. The van der Waals surface area contributed by atoms with Crippen molar-refractivity contribution >= 4 is 0 Å². The van der Waals surface area contributed by atoms with Gasteiger partial charge in [-0.25, -0.2) is 0 Å². The van der Waals surface area contributed by atoms with Crippen molar-refractivity contribution in [3.8, 4) is 5.75 Å². The van der Waals surface area contributed by atoms with Gasteiger partial charge in [0.25, 0.3) is 0 Å². The smallest absolute Gasteiger partial charge is 0.389 e. The van der Waals surface area contributed by atoms with E-state index in [4.69, 9.17) is 0 Å². The van der Waals surface area contributed by atoms with Gasteiger partial charge in [-0.1, -0.05) is 12.1 Å². The molecule has 0 bridgehead atoms. The molecule has 0 fully saturated rings. The van der Waals surface area contributed by atoms with Crippen molar-refractivity contribution in [1.82, 2.24) is 0 Å². The van der Waals surface area contributed by atoms with Crippen LogP contribution >= 0.6 is 0 Å². The molecule has 7 heteroatoms. The lowest BCUT2D eigenvalue weighted by Crippen LogP contribution is -2.10. The lowest BCUT2D eigenvalue weighted by Gasteiger charge is -2.13. The average molecular weight is 270 g/mol. The predicted octanol–water partition coefficient (Wildman–Crippen LogP) is 3.66. The summed E-state index contributed by atoms with van der Waals surface area (Å²) in [6, 6.07) is 4.83. The number of benzene rings is 1. The third-order valence-electron chi connectivity index (χ3n) is 2.19. The first kappa shape index (κ1) is 14.7. The van der Waals surface area contributed by atoms with Crippen LogP contribution in [-0.2, 0) is 0 Å². The van der Waals surface area contributed by atoms with Crippen LogP contribution in [0.1, 0.15) is 24.5 Å². The van der Waals surface area contributed by atoms with Crippen LogP contribution in [0.25, 0.3) is 0 Å². The molecule has 18 heavy (non-hydrogen) atoms. The van der Waals surface area contributed by atoms with Gasteiger partial charge in [0.1, 0.15) is 5.75 Å². The fourth-order valence-electron chi connectivity index (χ4n) is 1.34. The summed E-state index contributed by atoms with van der Waals surface area (Å²) in [6.07, 6.45) is -7.20. The van der Waals surface area contributed by atoms with Crippen molar-refractivity contribution in [1.29, 1.82) is 0 Å². The van der Waals surface area contributed by atoms with Crippen molar-refractivity contribution < 1.29 is 31.8 Å². The first-order chi connectivity index (χ1) is 8.28. The fraction of sp³-hybridized carbons (Fsp3) is 0.455. The Morgan fingerprint density at radius 2 is 1.67 bits per heavy atom. The first-order valence-electron chi connectivity index (χ1n) is 5.07. The minimum absolute atomic E-state index is 0.114. The van der Waals surface area contributed by atoms with Crippen LogP contribution in [0, 0.1) is 0 Å². The summed E-state index contributed by atoms with van der Waals surface area (Å²) in [5.74, 6) is -0.114. The maximum Gasteiger partial charge on any atom is 0.389 e. The summed E-state index contributed by atoms with van der Waals surface area (Å²) in [5, 5.41) is 9.47. The Morgan fingerprint density at radius 1 is 1.11 bits per heavy atom. The molecule has 0 saturated heterocycles. The maximum absolute atomic E-state index is 11.9. The van der Waals surface area contributed by atoms with Gasteiger partial charge in [0.05, 0.1) is 6.10 Å². The summed E-state index contributed by atoms with van der Waals surface area (Å²) < 4.78 is 63.5. The van der Waals surface area contributed by atoms with Crippen molar-refractivity contribution in [3.05, 3.63) is 29.8 Å².